The van der Waals surface area contributed by atoms with Crippen molar-refractivity contribution in [3.63, 3.8) is 0 Å². The Labute approximate surface area is 135 Å². The first-order valence-electron chi connectivity index (χ1n) is 6.50. The van der Waals surface area contributed by atoms with Crippen LogP contribution < -0.4 is 10.9 Å². The third-order valence-electron chi connectivity index (χ3n) is 3.48. The number of amides is 2. The van der Waals surface area contributed by atoms with Gasteiger partial charge in [-0.1, -0.05) is 15.9 Å². The Morgan fingerprint density at radius 3 is 2.45 bits per heavy atom. The largest absolute Gasteiger partial charge is 0.273 e. The smallest absolute Gasteiger partial charge is 0.269 e. The van der Waals surface area contributed by atoms with E-state index in [2.05, 4.69) is 26.8 Å². The molecule has 1 saturated carbocycles. The Morgan fingerprint density at radius 2 is 1.95 bits per heavy atom. The lowest BCUT2D eigenvalue weighted by atomic mass is 10.1. The topological polar surface area (TPSA) is 101 Å². The van der Waals surface area contributed by atoms with Crippen LogP contribution in [-0.4, -0.2) is 21.6 Å². The van der Waals surface area contributed by atoms with Gasteiger partial charge >= 0.3 is 0 Å². The fourth-order valence-corrected chi connectivity index (χ4v) is 2.61. The number of nitrogens with one attached hydrogen (secondary N) is 2. The molecule has 0 saturated heterocycles. The number of alkyl halides is 1. The summed E-state index contributed by atoms with van der Waals surface area (Å²) in [5, 5.41) is 10.5. The first-order valence-corrected chi connectivity index (χ1v) is 7.41. The van der Waals surface area contributed by atoms with E-state index in [1.54, 1.807) is 6.92 Å². The maximum atomic E-state index is 11.8. The molecule has 1 aliphatic rings. The summed E-state index contributed by atoms with van der Waals surface area (Å²) >= 11 is 3.35. The van der Waals surface area contributed by atoms with Gasteiger partial charge in [-0.2, -0.15) is 0 Å². The molecule has 2 atom stereocenters. The molecule has 1 aromatic rings. The van der Waals surface area contributed by atoms with Crippen molar-refractivity contribution < 1.29 is 14.5 Å². The third kappa shape index (κ3) is 3.70. The molecule has 0 bridgehead atoms. The van der Waals surface area contributed by atoms with Crippen molar-refractivity contribution in [2.45, 2.75) is 18.2 Å². The van der Waals surface area contributed by atoms with Crippen molar-refractivity contribution in [3.8, 4) is 0 Å². The Morgan fingerprint density at radius 1 is 1.36 bits per heavy atom. The third-order valence-corrected chi connectivity index (χ3v) is 4.82. The highest BCUT2D eigenvalue weighted by Crippen LogP contribution is 2.51. The number of halogens is 1. The Bertz CT molecular complexity index is 644. The summed E-state index contributed by atoms with van der Waals surface area (Å²) in [6, 6.07) is 5.76. The van der Waals surface area contributed by atoms with Gasteiger partial charge in [-0.25, -0.2) is 0 Å². The fourth-order valence-electron chi connectivity index (χ4n) is 1.73. The van der Waals surface area contributed by atoms with Crippen LogP contribution in [0.5, 0.6) is 0 Å². The average molecular weight is 368 g/mol. The van der Waals surface area contributed by atoms with Gasteiger partial charge in [0, 0.05) is 23.0 Å². The normalized spacial score (nSPS) is 23.1. The second-order valence-electron chi connectivity index (χ2n) is 5.21. The molecule has 0 radical (unpaired) electrons. The van der Waals surface area contributed by atoms with Gasteiger partial charge in [0.15, 0.2) is 0 Å². The highest BCUT2D eigenvalue weighted by Gasteiger charge is 2.54. The van der Waals surface area contributed by atoms with Gasteiger partial charge < -0.3 is 0 Å². The van der Waals surface area contributed by atoms with E-state index in [9.17, 15) is 19.7 Å². The van der Waals surface area contributed by atoms with E-state index in [-0.39, 0.29) is 16.4 Å². The predicted octanol–water partition coefficient (Wildman–Crippen LogP) is 1.93. The second-order valence-corrected chi connectivity index (χ2v) is 6.32. The standard InChI is InChI=1S/C14H14BrN3O4/c1-14(8-11(14)15)13(20)17-16-12(19)7-4-9-2-5-10(6-3-9)18(21)22/h2-7,11H,8H2,1H3,(H,16,19)(H,17,20)/b7-4+/t11-,14-/m1/s1. The van der Waals surface area contributed by atoms with Crippen molar-refractivity contribution in [2.24, 2.45) is 5.41 Å². The van der Waals surface area contributed by atoms with E-state index in [4.69, 9.17) is 0 Å². The summed E-state index contributed by atoms with van der Waals surface area (Å²) in [7, 11) is 0. The molecule has 1 aromatic carbocycles. The lowest BCUT2D eigenvalue weighted by Gasteiger charge is -2.10. The number of hydrazine groups is 1. The van der Waals surface area contributed by atoms with Crippen molar-refractivity contribution in [1.82, 2.24) is 10.9 Å². The molecule has 1 fully saturated rings. The summed E-state index contributed by atoms with van der Waals surface area (Å²) in [6.07, 6.45) is 3.47. The Kier molecular flexibility index (Phi) is 4.60. The number of nitro benzene ring substituents is 1. The second kappa shape index (κ2) is 6.27. The molecule has 116 valence electrons. The number of non-ortho nitro benzene ring substituents is 1. The van der Waals surface area contributed by atoms with E-state index >= 15 is 0 Å². The molecule has 2 N–H and O–H groups in total. The van der Waals surface area contributed by atoms with Gasteiger partial charge in [-0.15, -0.1) is 0 Å². The lowest BCUT2D eigenvalue weighted by Crippen LogP contribution is -2.44. The number of nitro groups is 1. The number of carbonyl (C=O) groups excluding carboxylic acids is 2. The van der Waals surface area contributed by atoms with Crippen LogP contribution in [0.3, 0.4) is 0 Å². The summed E-state index contributed by atoms with van der Waals surface area (Å²) in [5.74, 6) is -0.728. The Hall–Kier alpha value is -2.22. The first-order chi connectivity index (χ1) is 10.3. The molecular weight excluding hydrogens is 354 g/mol. The molecule has 2 amide bonds. The van der Waals surface area contributed by atoms with Crippen LogP contribution in [0.25, 0.3) is 6.08 Å². The summed E-state index contributed by atoms with van der Waals surface area (Å²) in [4.78, 5) is 33.5. The van der Waals surface area contributed by atoms with Gasteiger partial charge in [-0.05, 0) is 37.1 Å². The number of carbonyl (C=O) groups is 2. The van der Waals surface area contributed by atoms with E-state index in [0.29, 0.717) is 5.56 Å². The van der Waals surface area contributed by atoms with Crippen LogP contribution in [0.1, 0.15) is 18.9 Å². The van der Waals surface area contributed by atoms with Gasteiger partial charge in [0.05, 0.1) is 10.3 Å². The molecule has 2 rings (SSSR count). The zero-order valence-electron chi connectivity index (χ0n) is 11.7. The molecule has 0 spiro atoms. The van der Waals surface area contributed by atoms with Crippen LogP contribution in [0.15, 0.2) is 30.3 Å². The number of nitrogens with zero attached hydrogens (tertiary/aromatic N) is 1. The number of benzene rings is 1. The van der Waals surface area contributed by atoms with Crippen LogP contribution >= 0.6 is 15.9 Å². The van der Waals surface area contributed by atoms with E-state index in [1.165, 1.54) is 36.4 Å². The highest BCUT2D eigenvalue weighted by atomic mass is 79.9. The van der Waals surface area contributed by atoms with Crippen molar-refractivity contribution >= 4 is 39.5 Å². The zero-order chi connectivity index (χ0) is 16.3. The molecule has 1 aliphatic carbocycles. The average Bonchev–Trinajstić information content (AvgIpc) is 3.11. The number of rotatable bonds is 4. The van der Waals surface area contributed by atoms with Gasteiger partial charge in [0.2, 0.25) is 5.91 Å². The summed E-state index contributed by atoms with van der Waals surface area (Å²) in [5.41, 5.74) is 4.81. The molecular formula is C14H14BrN3O4. The summed E-state index contributed by atoms with van der Waals surface area (Å²) < 4.78 is 0. The summed E-state index contributed by atoms with van der Waals surface area (Å²) in [6.45, 7) is 1.81. The van der Waals surface area contributed by atoms with Crippen LogP contribution in [0, 0.1) is 15.5 Å². The van der Waals surface area contributed by atoms with Crippen LogP contribution in [-0.2, 0) is 9.59 Å². The van der Waals surface area contributed by atoms with Crippen LogP contribution in [0.4, 0.5) is 5.69 Å². The molecule has 8 heteroatoms. The minimum Gasteiger partial charge on any atom is -0.273 e. The van der Waals surface area contributed by atoms with Gasteiger partial charge in [-0.3, -0.25) is 30.6 Å². The predicted molar refractivity (Wildman–Crippen MR) is 83.9 cm³/mol. The van der Waals surface area contributed by atoms with E-state index in [1.807, 2.05) is 0 Å². The highest BCUT2D eigenvalue weighted by molar-refractivity contribution is 9.09. The number of hydrogen-bond acceptors (Lipinski definition) is 4. The van der Waals surface area contributed by atoms with Gasteiger partial charge in [0.25, 0.3) is 11.6 Å². The molecule has 22 heavy (non-hydrogen) atoms. The quantitative estimate of drug-likeness (QED) is 0.367. The van der Waals surface area contributed by atoms with E-state index < -0.39 is 16.2 Å². The maximum Gasteiger partial charge on any atom is 0.269 e. The van der Waals surface area contributed by atoms with Crippen molar-refractivity contribution in [2.75, 3.05) is 0 Å². The van der Waals surface area contributed by atoms with Crippen LogP contribution in [0.2, 0.25) is 0 Å². The van der Waals surface area contributed by atoms with E-state index in [0.717, 1.165) is 6.42 Å². The molecule has 7 nitrogen and oxygen atoms in total. The molecule has 0 heterocycles. The van der Waals surface area contributed by atoms with Crippen molar-refractivity contribution in [1.29, 1.82) is 0 Å². The zero-order valence-corrected chi connectivity index (χ0v) is 13.3. The molecule has 0 aliphatic heterocycles. The monoisotopic (exact) mass is 367 g/mol. The van der Waals surface area contributed by atoms with Crippen molar-refractivity contribution in [3.05, 3.63) is 46.0 Å². The number of hydrogen-bond donors (Lipinski definition) is 2. The fraction of sp³-hybridized carbons (Fsp3) is 0.286. The minimum atomic E-state index is -0.495. The lowest BCUT2D eigenvalue weighted by molar-refractivity contribution is -0.384. The minimum absolute atomic E-state index is 0.0177. The van der Waals surface area contributed by atoms with Gasteiger partial charge in [0.1, 0.15) is 0 Å². The SMILES string of the molecule is C[C@@]1(C(=O)NNC(=O)/C=C/c2ccc([N+](=O)[O-])cc2)C[C@H]1Br. The Balaban J connectivity index is 1.84. The maximum absolute atomic E-state index is 11.8. The first kappa shape index (κ1) is 16.2. The molecule has 0 aromatic heterocycles. The molecule has 0 unspecified atom stereocenters.